The van der Waals surface area contributed by atoms with Gasteiger partial charge in [0.1, 0.15) is 11.9 Å². The number of carbonyl (C=O) groups excluding carboxylic acids is 1. The molecular formula is C16H17N3O2. The minimum atomic E-state index is -0.990. The van der Waals surface area contributed by atoms with E-state index in [4.69, 9.17) is 4.98 Å². The Bertz CT molecular complexity index is 744. The van der Waals surface area contributed by atoms with Crippen LogP contribution in [0.4, 0.5) is 5.82 Å². The molecule has 1 amide bonds. The minimum absolute atomic E-state index is 0.113. The van der Waals surface area contributed by atoms with Crippen LogP contribution >= 0.6 is 0 Å². The summed E-state index contributed by atoms with van der Waals surface area (Å²) in [5.41, 5.74) is 2.73. The number of hydrogen-bond donors (Lipinski definition) is 2. The number of nitrogens with zero attached hydrogens (tertiary/aromatic N) is 2. The number of aromatic nitrogens is 1. The van der Waals surface area contributed by atoms with E-state index in [1.54, 1.807) is 0 Å². The van der Waals surface area contributed by atoms with Crippen LogP contribution in [0.2, 0.25) is 0 Å². The second-order valence-electron chi connectivity index (χ2n) is 5.86. The highest BCUT2D eigenvalue weighted by atomic mass is 16.3. The van der Waals surface area contributed by atoms with E-state index in [2.05, 4.69) is 5.32 Å². The SMILES string of the molecule is Cc1ccc2nc3c(cc2c1)[C@@H](O)NC(=O)[C@@H]1CCCN31. The molecule has 0 bridgehead atoms. The Morgan fingerprint density at radius 1 is 1.38 bits per heavy atom. The van der Waals surface area contributed by atoms with Gasteiger partial charge in [-0.3, -0.25) is 4.79 Å². The standard InChI is InChI=1S/C16H17N3O2/c1-9-4-5-12-10(7-9)8-11-14(17-12)19-6-2-3-13(19)16(21)18-15(11)20/h4-5,7-8,13,15,20H,2-3,6H2,1H3,(H,18,21)/t13-,15+/m0/s1. The first kappa shape index (κ1) is 12.6. The molecule has 2 N–H and O–H groups in total. The number of aliphatic hydroxyl groups excluding tert-OH is 1. The zero-order valence-electron chi connectivity index (χ0n) is 11.8. The molecule has 2 aliphatic heterocycles. The van der Waals surface area contributed by atoms with Crippen molar-refractivity contribution >= 4 is 22.6 Å². The Labute approximate surface area is 122 Å². The summed E-state index contributed by atoms with van der Waals surface area (Å²) in [6, 6.07) is 7.79. The lowest BCUT2D eigenvalue weighted by atomic mass is 10.1. The quantitative estimate of drug-likeness (QED) is 0.771. The highest BCUT2D eigenvalue weighted by molar-refractivity contribution is 5.90. The first-order valence-electron chi connectivity index (χ1n) is 7.30. The molecule has 2 atom stereocenters. The fraction of sp³-hybridized carbons (Fsp3) is 0.375. The Morgan fingerprint density at radius 3 is 3.10 bits per heavy atom. The topological polar surface area (TPSA) is 65.5 Å². The second-order valence-corrected chi connectivity index (χ2v) is 5.86. The van der Waals surface area contributed by atoms with Crippen molar-refractivity contribution in [1.29, 1.82) is 0 Å². The molecule has 0 unspecified atom stereocenters. The summed E-state index contributed by atoms with van der Waals surface area (Å²) >= 11 is 0. The number of aryl methyl sites for hydroxylation is 1. The maximum atomic E-state index is 12.2. The van der Waals surface area contributed by atoms with Crippen molar-refractivity contribution in [1.82, 2.24) is 10.3 Å². The van der Waals surface area contributed by atoms with Crippen LogP contribution in [-0.2, 0) is 4.79 Å². The molecule has 1 fully saturated rings. The second kappa shape index (κ2) is 4.43. The van der Waals surface area contributed by atoms with E-state index in [-0.39, 0.29) is 11.9 Å². The average molecular weight is 283 g/mol. The zero-order valence-corrected chi connectivity index (χ0v) is 11.8. The third kappa shape index (κ3) is 1.88. The Morgan fingerprint density at radius 2 is 2.24 bits per heavy atom. The fourth-order valence-electron chi connectivity index (χ4n) is 3.33. The fourth-order valence-corrected chi connectivity index (χ4v) is 3.33. The third-order valence-corrected chi connectivity index (χ3v) is 4.38. The van der Waals surface area contributed by atoms with Crippen LogP contribution in [0.1, 0.15) is 30.2 Å². The molecule has 1 saturated heterocycles. The number of fused-ring (bicyclic) bond motifs is 4. The van der Waals surface area contributed by atoms with E-state index < -0.39 is 6.23 Å². The van der Waals surface area contributed by atoms with Gasteiger partial charge in [-0.1, -0.05) is 11.6 Å². The van der Waals surface area contributed by atoms with Gasteiger partial charge in [-0.05, 0) is 38.0 Å². The van der Waals surface area contributed by atoms with E-state index in [0.717, 1.165) is 41.7 Å². The van der Waals surface area contributed by atoms with Gasteiger partial charge in [0.25, 0.3) is 0 Å². The van der Waals surface area contributed by atoms with Crippen LogP contribution in [0.25, 0.3) is 10.9 Å². The summed E-state index contributed by atoms with van der Waals surface area (Å²) in [6.45, 7) is 2.84. The van der Waals surface area contributed by atoms with E-state index in [0.29, 0.717) is 5.56 Å². The van der Waals surface area contributed by atoms with Gasteiger partial charge in [0.15, 0.2) is 6.23 Å². The van der Waals surface area contributed by atoms with Gasteiger partial charge in [-0.2, -0.15) is 0 Å². The lowest BCUT2D eigenvalue weighted by molar-refractivity contribution is -0.124. The molecule has 4 rings (SSSR count). The van der Waals surface area contributed by atoms with Gasteiger partial charge in [0.2, 0.25) is 5.91 Å². The zero-order chi connectivity index (χ0) is 14.6. The highest BCUT2D eigenvalue weighted by Gasteiger charge is 2.38. The predicted octanol–water partition coefficient (Wildman–Crippen LogP) is 1.63. The smallest absolute Gasteiger partial charge is 0.245 e. The molecular weight excluding hydrogens is 266 g/mol. The molecule has 0 spiro atoms. The van der Waals surface area contributed by atoms with Crippen molar-refractivity contribution in [3.8, 4) is 0 Å². The van der Waals surface area contributed by atoms with Gasteiger partial charge in [-0.25, -0.2) is 4.98 Å². The van der Waals surface area contributed by atoms with Crippen molar-refractivity contribution in [3.05, 3.63) is 35.4 Å². The van der Waals surface area contributed by atoms with Crippen molar-refractivity contribution in [2.75, 3.05) is 11.4 Å². The van der Waals surface area contributed by atoms with E-state index >= 15 is 0 Å². The lowest BCUT2D eigenvalue weighted by Gasteiger charge is -2.23. The predicted molar refractivity (Wildman–Crippen MR) is 80.0 cm³/mol. The Hall–Kier alpha value is -2.14. The molecule has 0 radical (unpaired) electrons. The third-order valence-electron chi connectivity index (χ3n) is 4.38. The van der Waals surface area contributed by atoms with E-state index in [9.17, 15) is 9.90 Å². The summed E-state index contributed by atoms with van der Waals surface area (Å²) < 4.78 is 0. The molecule has 2 aliphatic rings. The summed E-state index contributed by atoms with van der Waals surface area (Å²) in [6.07, 6.45) is 0.794. The molecule has 0 aliphatic carbocycles. The molecule has 108 valence electrons. The summed E-state index contributed by atoms with van der Waals surface area (Å²) in [7, 11) is 0. The number of nitrogens with one attached hydrogen (secondary N) is 1. The molecule has 5 nitrogen and oxygen atoms in total. The number of benzene rings is 1. The van der Waals surface area contributed by atoms with Gasteiger partial charge in [0.05, 0.1) is 5.52 Å². The van der Waals surface area contributed by atoms with Crippen LogP contribution in [0, 0.1) is 6.92 Å². The molecule has 5 heteroatoms. The minimum Gasteiger partial charge on any atom is -0.369 e. The summed E-state index contributed by atoms with van der Waals surface area (Å²) in [4.78, 5) is 18.9. The van der Waals surface area contributed by atoms with Gasteiger partial charge < -0.3 is 15.3 Å². The first-order chi connectivity index (χ1) is 10.1. The first-order valence-corrected chi connectivity index (χ1v) is 7.30. The van der Waals surface area contributed by atoms with Crippen molar-refractivity contribution in [2.24, 2.45) is 0 Å². The van der Waals surface area contributed by atoms with Crippen molar-refractivity contribution in [2.45, 2.75) is 32.0 Å². The number of aliphatic hydroxyl groups is 1. The van der Waals surface area contributed by atoms with Crippen LogP contribution in [0.5, 0.6) is 0 Å². The van der Waals surface area contributed by atoms with Gasteiger partial charge in [-0.15, -0.1) is 0 Å². The van der Waals surface area contributed by atoms with Crippen molar-refractivity contribution < 1.29 is 9.90 Å². The molecule has 1 aromatic carbocycles. The molecule has 21 heavy (non-hydrogen) atoms. The van der Waals surface area contributed by atoms with Crippen molar-refractivity contribution in [3.63, 3.8) is 0 Å². The number of pyridine rings is 1. The monoisotopic (exact) mass is 283 g/mol. The normalized spacial score (nSPS) is 24.5. The maximum absolute atomic E-state index is 12.2. The number of amides is 1. The Kier molecular flexibility index (Phi) is 2.65. The van der Waals surface area contributed by atoms with Crippen LogP contribution < -0.4 is 10.2 Å². The molecule has 3 heterocycles. The van der Waals surface area contributed by atoms with Crippen LogP contribution in [0.3, 0.4) is 0 Å². The van der Waals surface area contributed by atoms with E-state index in [1.165, 1.54) is 0 Å². The van der Waals surface area contributed by atoms with Gasteiger partial charge >= 0.3 is 0 Å². The highest BCUT2D eigenvalue weighted by Crippen LogP contribution is 2.35. The molecule has 0 saturated carbocycles. The summed E-state index contributed by atoms with van der Waals surface area (Å²) in [5, 5.41) is 14.0. The number of rotatable bonds is 0. The van der Waals surface area contributed by atoms with Gasteiger partial charge in [0, 0.05) is 17.5 Å². The number of carbonyl (C=O) groups is 1. The number of hydrogen-bond acceptors (Lipinski definition) is 4. The summed E-state index contributed by atoms with van der Waals surface area (Å²) in [5.74, 6) is 0.623. The maximum Gasteiger partial charge on any atom is 0.245 e. The molecule has 1 aromatic heterocycles. The lowest BCUT2D eigenvalue weighted by Crippen LogP contribution is -2.41. The van der Waals surface area contributed by atoms with Crippen LogP contribution in [-0.4, -0.2) is 28.6 Å². The molecule has 2 aromatic rings. The average Bonchev–Trinajstić information content (AvgIpc) is 2.91. The number of anilines is 1. The van der Waals surface area contributed by atoms with Crippen LogP contribution in [0.15, 0.2) is 24.3 Å². The van der Waals surface area contributed by atoms with E-state index in [1.807, 2.05) is 36.1 Å². The Balaban J connectivity index is 1.96. The largest absolute Gasteiger partial charge is 0.369 e.